The Morgan fingerprint density at radius 3 is 2.05 bits per heavy atom. The first kappa shape index (κ1) is 32.1. The van der Waals surface area contributed by atoms with Crippen LogP contribution in [0.5, 0.6) is 5.75 Å². The summed E-state index contributed by atoms with van der Waals surface area (Å²) >= 11 is 0. The molecule has 0 aliphatic carbocycles. The summed E-state index contributed by atoms with van der Waals surface area (Å²) in [5, 5.41) is 4.47. The van der Waals surface area contributed by atoms with Crippen molar-refractivity contribution in [3.63, 3.8) is 0 Å². The van der Waals surface area contributed by atoms with Crippen molar-refractivity contribution in [3.05, 3.63) is 47.3 Å². The highest BCUT2D eigenvalue weighted by atomic mass is 19.4. The molecule has 0 radical (unpaired) electrons. The number of carbonyl (C=O) groups excluding carboxylic acids is 1. The second-order valence-electron chi connectivity index (χ2n) is 10.3. The summed E-state index contributed by atoms with van der Waals surface area (Å²) in [6.45, 7) is 7.69. The van der Waals surface area contributed by atoms with Crippen LogP contribution in [0.15, 0.2) is 30.3 Å². The van der Waals surface area contributed by atoms with Gasteiger partial charge in [-0.25, -0.2) is 13.9 Å². The highest BCUT2D eigenvalue weighted by molar-refractivity contribution is 5.85. The number of aromatic nitrogens is 3. The van der Waals surface area contributed by atoms with Crippen LogP contribution in [0.3, 0.4) is 0 Å². The second-order valence-corrected chi connectivity index (χ2v) is 10.3. The van der Waals surface area contributed by atoms with E-state index in [1.807, 2.05) is 0 Å². The Labute approximate surface area is 231 Å². The van der Waals surface area contributed by atoms with Crippen molar-refractivity contribution < 1.29 is 44.7 Å². The van der Waals surface area contributed by atoms with E-state index in [0.29, 0.717) is 30.5 Å². The van der Waals surface area contributed by atoms with Gasteiger partial charge in [-0.05, 0) is 44.2 Å². The lowest BCUT2D eigenvalue weighted by atomic mass is 9.90. The van der Waals surface area contributed by atoms with Gasteiger partial charge >= 0.3 is 18.0 Å². The summed E-state index contributed by atoms with van der Waals surface area (Å²) in [5.41, 5.74) is -3.12. The number of hydrogen-bond donors (Lipinski definition) is 0. The molecule has 0 atom stereocenters. The standard InChI is InChI=1S/C27H30F8N4O2/c1-6-38(7-2)21(40)14-18-22(16-8-10-17(11-9-16)41-13-12-28)37-39-20(24(3,4)5)15-19(36-23(18)39)25(29,30)26(31,32)27(33,34)35/h8-11,15H,6-7,12-14H2,1-5H3. The van der Waals surface area contributed by atoms with Crippen LogP contribution in [-0.4, -0.2) is 63.9 Å². The van der Waals surface area contributed by atoms with Crippen LogP contribution in [0.4, 0.5) is 35.1 Å². The van der Waals surface area contributed by atoms with Crippen molar-refractivity contribution >= 4 is 11.6 Å². The molecule has 6 nitrogen and oxygen atoms in total. The Morgan fingerprint density at radius 1 is 0.976 bits per heavy atom. The van der Waals surface area contributed by atoms with E-state index in [-0.39, 0.29) is 23.6 Å². The van der Waals surface area contributed by atoms with Crippen LogP contribution in [0.1, 0.15) is 51.6 Å². The Hall–Kier alpha value is -3.45. The monoisotopic (exact) mass is 594 g/mol. The van der Waals surface area contributed by atoms with Gasteiger partial charge in [-0.1, -0.05) is 20.8 Å². The van der Waals surface area contributed by atoms with Crippen molar-refractivity contribution in [3.8, 4) is 17.0 Å². The molecule has 3 aromatic rings. The van der Waals surface area contributed by atoms with Crippen LogP contribution in [0.2, 0.25) is 0 Å². The molecule has 0 bridgehead atoms. The molecule has 0 aliphatic heterocycles. The van der Waals surface area contributed by atoms with E-state index < -0.39 is 53.8 Å². The Kier molecular flexibility index (Phi) is 8.95. The second kappa shape index (κ2) is 11.4. The lowest BCUT2D eigenvalue weighted by molar-refractivity contribution is -0.360. The van der Waals surface area contributed by atoms with Gasteiger partial charge < -0.3 is 9.64 Å². The van der Waals surface area contributed by atoms with Gasteiger partial charge in [0.25, 0.3) is 0 Å². The van der Waals surface area contributed by atoms with E-state index in [2.05, 4.69) is 10.1 Å². The maximum absolute atomic E-state index is 15.0. The fraction of sp³-hybridized carbons (Fsp3) is 0.519. The van der Waals surface area contributed by atoms with E-state index in [1.165, 1.54) is 49.9 Å². The number of rotatable bonds is 10. The molecule has 1 amide bonds. The summed E-state index contributed by atoms with van der Waals surface area (Å²) < 4.78 is 116. The van der Waals surface area contributed by atoms with Gasteiger partial charge in [0.1, 0.15) is 24.7 Å². The van der Waals surface area contributed by atoms with Gasteiger partial charge in [0.2, 0.25) is 5.91 Å². The lowest BCUT2D eigenvalue weighted by Crippen LogP contribution is -2.50. The minimum atomic E-state index is -6.56. The van der Waals surface area contributed by atoms with Crippen molar-refractivity contribution in [1.82, 2.24) is 19.5 Å². The summed E-state index contributed by atoms with van der Waals surface area (Å²) in [6.07, 6.45) is -7.02. The zero-order valence-electron chi connectivity index (χ0n) is 23.1. The summed E-state index contributed by atoms with van der Waals surface area (Å²) in [5.74, 6) is -12.3. The van der Waals surface area contributed by atoms with Crippen molar-refractivity contribution in [1.29, 1.82) is 0 Å². The number of likely N-dealkylation sites (N-methyl/N-ethyl adjacent to an activating group) is 1. The highest BCUT2D eigenvalue weighted by Gasteiger charge is 2.74. The molecule has 0 spiro atoms. The maximum atomic E-state index is 15.0. The molecule has 0 saturated carbocycles. The first-order valence-corrected chi connectivity index (χ1v) is 12.7. The van der Waals surface area contributed by atoms with Crippen LogP contribution < -0.4 is 4.74 Å². The number of benzene rings is 1. The summed E-state index contributed by atoms with van der Waals surface area (Å²) in [4.78, 5) is 18.2. The first-order chi connectivity index (χ1) is 18.9. The molecule has 2 aromatic heterocycles. The lowest BCUT2D eigenvalue weighted by Gasteiger charge is -2.29. The molecule has 0 saturated heterocycles. The van der Waals surface area contributed by atoms with E-state index in [9.17, 15) is 39.9 Å². The van der Waals surface area contributed by atoms with Crippen molar-refractivity contribution in [2.45, 2.75) is 64.5 Å². The smallest absolute Gasteiger partial charge is 0.460 e. The largest absolute Gasteiger partial charge is 0.491 e. The molecule has 0 fully saturated rings. The molecular weight excluding hydrogens is 564 g/mol. The number of amides is 1. The third kappa shape index (κ3) is 6.10. The average molecular weight is 595 g/mol. The van der Waals surface area contributed by atoms with Crippen molar-refractivity contribution in [2.75, 3.05) is 26.4 Å². The molecule has 0 N–H and O–H groups in total. The Morgan fingerprint density at radius 2 is 1.56 bits per heavy atom. The molecule has 41 heavy (non-hydrogen) atoms. The fourth-order valence-corrected chi connectivity index (χ4v) is 4.19. The topological polar surface area (TPSA) is 59.7 Å². The minimum Gasteiger partial charge on any atom is -0.491 e. The maximum Gasteiger partial charge on any atom is 0.460 e. The molecule has 226 valence electrons. The van der Waals surface area contributed by atoms with Crippen LogP contribution in [0, 0.1) is 0 Å². The van der Waals surface area contributed by atoms with Crippen LogP contribution in [-0.2, 0) is 22.6 Å². The van der Waals surface area contributed by atoms with E-state index in [4.69, 9.17) is 4.74 Å². The van der Waals surface area contributed by atoms with Gasteiger partial charge in [0, 0.05) is 29.6 Å². The molecule has 2 heterocycles. The predicted octanol–water partition coefficient (Wildman–Crippen LogP) is 6.74. The van der Waals surface area contributed by atoms with Crippen LogP contribution >= 0.6 is 0 Å². The van der Waals surface area contributed by atoms with E-state index >= 15 is 0 Å². The molecule has 0 unspecified atom stereocenters. The predicted molar refractivity (Wildman–Crippen MR) is 135 cm³/mol. The third-order valence-corrected chi connectivity index (χ3v) is 6.44. The fourth-order valence-electron chi connectivity index (χ4n) is 4.19. The zero-order valence-corrected chi connectivity index (χ0v) is 23.1. The van der Waals surface area contributed by atoms with Crippen LogP contribution in [0.25, 0.3) is 16.9 Å². The SMILES string of the molecule is CCN(CC)C(=O)Cc1c(-c2ccc(OCCF)cc2)nn2c(C(C)(C)C)cc(C(F)(F)C(F)(F)C(F)(F)F)nc12. The van der Waals surface area contributed by atoms with Gasteiger partial charge in [0.05, 0.1) is 17.8 Å². The van der Waals surface area contributed by atoms with Gasteiger partial charge in [-0.2, -0.15) is 35.8 Å². The number of alkyl halides is 8. The molecule has 14 heteroatoms. The molecule has 0 aliphatic rings. The zero-order chi connectivity index (χ0) is 31.0. The highest BCUT2D eigenvalue weighted by Crippen LogP contribution is 2.52. The Balaban J connectivity index is 2.37. The number of nitrogens with zero attached hydrogens (tertiary/aromatic N) is 4. The quantitative estimate of drug-likeness (QED) is 0.244. The number of fused-ring (bicyclic) bond motifs is 1. The van der Waals surface area contributed by atoms with E-state index in [1.54, 1.807) is 13.8 Å². The molecular formula is C27H30F8N4O2. The van der Waals surface area contributed by atoms with Gasteiger partial charge in [-0.15, -0.1) is 0 Å². The normalized spacial score (nSPS) is 13.1. The molecule has 3 rings (SSSR count). The first-order valence-electron chi connectivity index (χ1n) is 12.7. The summed E-state index contributed by atoms with van der Waals surface area (Å²) in [6, 6.07) is 6.45. The van der Waals surface area contributed by atoms with Gasteiger partial charge in [0.15, 0.2) is 5.65 Å². The number of ether oxygens (including phenoxy) is 1. The van der Waals surface area contributed by atoms with Gasteiger partial charge in [-0.3, -0.25) is 4.79 Å². The molecule has 1 aromatic carbocycles. The average Bonchev–Trinajstić information content (AvgIpc) is 3.24. The number of carbonyl (C=O) groups is 1. The summed E-state index contributed by atoms with van der Waals surface area (Å²) in [7, 11) is 0. The van der Waals surface area contributed by atoms with E-state index in [0.717, 1.165) is 4.52 Å². The Bertz CT molecular complexity index is 1380. The third-order valence-electron chi connectivity index (χ3n) is 6.44. The number of halogens is 8. The minimum absolute atomic E-state index is 0.0437. The van der Waals surface area contributed by atoms with Crippen molar-refractivity contribution in [2.24, 2.45) is 0 Å². The number of hydrogen-bond acceptors (Lipinski definition) is 4.